The third-order valence-electron chi connectivity index (χ3n) is 1.63. The van der Waals surface area contributed by atoms with Crippen LogP contribution in [0.2, 0.25) is 0 Å². The molecular formula is C8H13N3O2. The molecule has 5 heteroatoms. The predicted molar refractivity (Wildman–Crippen MR) is 47.5 cm³/mol. The van der Waals surface area contributed by atoms with Gasteiger partial charge in [-0.25, -0.2) is 4.98 Å². The maximum Gasteiger partial charge on any atom is 0.272 e. The van der Waals surface area contributed by atoms with Crippen molar-refractivity contribution in [3.05, 3.63) is 11.5 Å². The first-order valence-electron chi connectivity index (χ1n) is 3.91. The van der Waals surface area contributed by atoms with E-state index in [9.17, 15) is 9.90 Å². The van der Waals surface area contributed by atoms with Crippen molar-refractivity contribution in [3.8, 4) is 5.88 Å². The third-order valence-corrected chi connectivity index (χ3v) is 1.63. The molecule has 5 nitrogen and oxygen atoms in total. The summed E-state index contributed by atoms with van der Waals surface area (Å²) < 4.78 is 0. The highest BCUT2D eigenvalue weighted by Crippen LogP contribution is 2.23. The lowest BCUT2D eigenvalue weighted by Crippen LogP contribution is -2.15. The number of carbonyl (C=O) groups excluding carboxylic acids is 1. The van der Waals surface area contributed by atoms with Gasteiger partial charge < -0.3 is 15.8 Å². The minimum absolute atomic E-state index is 0.107. The molecule has 1 heterocycles. The van der Waals surface area contributed by atoms with Gasteiger partial charge in [0, 0.05) is 5.41 Å². The molecule has 0 aliphatic heterocycles. The van der Waals surface area contributed by atoms with Gasteiger partial charge in [-0.2, -0.15) is 0 Å². The second-order valence-corrected chi connectivity index (χ2v) is 3.90. The zero-order valence-electron chi connectivity index (χ0n) is 7.88. The van der Waals surface area contributed by atoms with Gasteiger partial charge in [-0.15, -0.1) is 0 Å². The van der Waals surface area contributed by atoms with Gasteiger partial charge in [-0.05, 0) is 0 Å². The lowest BCUT2D eigenvalue weighted by molar-refractivity contribution is 0.0993. The highest BCUT2D eigenvalue weighted by Gasteiger charge is 2.22. The van der Waals surface area contributed by atoms with Gasteiger partial charge in [0.1, 0.15) is 5.82 Å². The molecule has 0 aliphatic rings. The molecule has 0 saturated carbocycles. The zero-order chi connectivity index (χ0) is 10.2. The molecule has 1 amide bonds. The summed E-state index contributed by atoms with van der Waals surface area (Å²) in [5, 5.41) is 9.25. The Morgan fingerprint density at radius 2 is 2.08 bits per heavy atom. The number of primary amides is 1. The number of hydrogen-bond donors (Lipinski definition) is 3. The smallest absolute Gasteiger partial charge is 0.272 e. The molecule has 0 saturated heterocycles. The molecule has 0 aliphatic carbocycles. The SMILES string of the molecule is CC(C)(C)c1nc(C(N)=O)c(O)[nH]1. The maximum absolute atomic E-state index is 10.7. The lowest BCUT2D eigenvalue weighted by Gasteiger charge is -2.13. The molecule has 0 aromatic carbocycles. The molecule has 0 atom stereocenters. The predicted octanol–water partition coefficient (Wildman–Crippen LogP) is 0.512. The van der Waals surface area contributed by atoms with E-state index in [1.54, 1.807) is 0 Å². The molecule has 1 aromatic rings. The van der Waals surface area contributed by atoms with Crippen LogP contribution in [0.1, 0.15) is 37.1 Å². The Morgan fingerprint density at radius 3 is 2.31 bits per heavy atom. The minimum atomic E-state index is -0.732. The number of aromatic hydroxyl groups is 1. The second-order valence-electron chi connectivity index (χ2n) is 3.90. The summed E-state index contributed by atoms with van der Waals surface area (Å²) in [6.07, 6.45) is 0. The van der Waals surface area contributed by atoms with Crippen LogP contribution in [0.4, 0.5) is 0 Å². The fraction of sp³-hybridized carbons (Fsp3) is 0.500. The molecule has 0 fully saturated rings. The Bertz CT molecular complexity index is 336. The maximum atomic E-state index is 10.7. The quantitative estimate of drug-likeness (QED) is 0.592. The van der Waals surface area contributed by atoms with Gasteiger partial charge >= 0.3 is 0 Å². The molecular weight excluding hydrogens is 170 g/mol. The van der Waals surface area contributed by atoms with Crippen molar-refractivity contribution in [3.63, 3.8) is 0 Å². The Kier molecular flexibility index (Phi) is 2.03. The number of carbonyl (C=O) groups is 1. The number of nitrogens with one attached hydrogen (secondary N) is 1. The monoisotopic (exact) mass is 183 g/mol. The van der Waals surface area contributed by atoms with E-state index in [1.807, 2.05) is 20.8 Å². The average Bonchev–Trinajstić information content (AvgIpc) is 2.29. The van der Waals surface area contributed by atoms with Gasteiger partial charge in [0.2, 0.25) is 5.88 Å². The minimum Gasteiger partial charge on any atom is -0.493 e. The third kappa shape index (κ3) is 1.80. The first-order valence-corrected chi connectivity index (χ1v) is 3.91. The van der Waals surface area contributed by atoms with E-state index in [4.69, 9.17) is 5.73 Å². The van der Waals surface area contributed by atoms with Crippen LogP contribution >= 0.6 is 0 Å². The van der Waals surface area contributed by atoms with Crippen LogP contribution in [0.5, 0.6) is 5.88 Å². The van der Waals surface area contributed by atoms with E-state index in [2.05, 4.69) is 9.97 Å². The summed E-state index contributed by atoms with van der Waals surface area (Å²) in [5.74, 6) is -0.458. The van der Waals surface area contributed by atoms with Crippen LogP contribution in [0, 0.1) is 0 Å². The van der Waals surface area contributed by atoms with Gasteiger partial charge in [-0.1, -0.05) is 20.8 Å². The average molecular weight is 183 g/mol. The van der Waals surface area contributed by atoms with Crippen molar-refractivity contribution in [1.29, 1.82) is 0 Å². The topological polar surface area (TPSA) is 92.0 Å². The Morgan fingerprint density at radius 1 is 1.54 bits per heavy atom. The van der Waals surface area contributed by atoms with Crippen LogP contribution in [-0.2, 0) is 5.41 Å². The number of rotatable bonds is 1. The largest absolute Gasteiger partial charge is 0.493 e. The Labute approximate surface area is 76.0 Å². The van der Waals surface area contributed by atoms with E-state index >= 15 is 0 Å². The molecule has 4 N–H and O–H groups in total. The number of nitrogens with two attached hydrogens (primary N) is 1. The zero-order valence-corrected chi connectivity index (χ0v) is 7.88. The van der Waals surface area contributed by atoms with Gasteiger partial charge in [-0.3, -0.25) is 4.79 Å². The molecule has 1 rings (SSSR count). The van der Waals surface area contributed by atoms with Crippen molar-refractivity contribution in [2.24, 2.45) is 5.73 Å². The summed E-state index contributed by atoms with van der Waals surface area (Å²) in [4.78, 5) is 17.3. The van der Waals surface area contributed by atoms with Crippen molar-refractivity contribution in [2.45, 2.75) is 26.2 Å². The van der Waals surface area contributed by atoms with Crippen LogP contribution in [0.15, 0.2) is 0 Å². The summed E-state index contributed by atoms with van der Waals surface area (Å²) in [5.41, 5.74) is 4.64. The first-order chi connectivity index (χ1) is 5.82. The molecule has 72 valence electrons. The van der Waals surface area contributed by atoms with E-state index in [1.165, 1.54) is 0 Å². The molecule has 0 bridgehead atoms. The Balaban J connectivity index is 3.17. The number of imidazole rings is 1. The summed E-state index contributed by atoms with van der Waals surface area (Å²) in [7, 11) is 0. The highest BCUT2D eigenvalue weighted by molar-refractivity contribution is 5.93. The van der Waals surface area contributed by atoms with Crippen LogP contribution in [-0.4, -0.2) is 21.0 Å². The standard InChI is InChI=1S/C8H13N3O2/c1-8(2,3)7-10-4(5(9)12)6(13)11-7/h13H,1-3H3,(H2,9,12)(H,10,11). The fourth-order valence-corrected chi connectivity index (χ4v) is 0.891. The van der Waals surface area contributed by atoms with E-state index in [0.717, 1.165) is 0 Å². The fourth-order valence-electron chi connectivity index (χ4n) is 0.891. The first kappa shape index (κ1) is 9.57. The summed E-state index contributed by atoms with van der Waals surface area (Å²) in [6, 6.07) is 0. The van der Waals surface area contributed by atoms with Crippen molar-refractivity contribution >= 4 is 5.91 Å². The van der Waals surface area contributed by atoms with E-state index in [0.29, 0.717) is 5.82 Å². The highest BCUT2D eigenvalue weighted by atomic mass is 16.3. The Hall–Kier alpha value is -1.52. The number of nitrogens with zero attached hydrogens (tertiary/aromatic N) is 1. The molecule has 0 spiro atoms. The second kappa shape index (κ2) is 2.76. The number of aromatic nitrogens is 2. The van der Waals surface area contributed by atoms with Gasteiger partial charge in [0.15, 0.2) is 5.69 Å². The van der Waals surface area contributed by atoms with Crippen LogP contribution < -0.4 is 5.73 Å². The van der Waals surface area contributed by atoms with Gasteiger partial charge in [0.05, 0.1) is 0 Å². The molecule has 0 radical (unpaired) electrons. The molecule has 13 heavy (non-hydrogen) atoms. The molecule has 0 unspecified atom stereocenters. The number of amides is 1. The van der Waals surface area contributed by atoms with Gasteiger partial charge in [0.25, 0.3) is 5.91 Å². The van der Waals surface area contributed by atoms with E-state index < -0.39 is 5.91 Å². The number of hydrogen-bond acceptors (Lipinski definition) is 3. The van der Waals surface area contributed by atoms with Crippen molar-refractivity contribution in [1.82, 2.24) is 9.97 Å². The molecule has 1 aromatic heterocycles. The van der Waals surface area contributed by atoms with E-state index in [-0.39, 0.29) is 17.0 Å². The number of aromatic amines is 1. The summed E-state index contributed by atoms with van der Waals surface area (Å²) in [6.45, 7) is 5.74. The van der Waals surface area contributed by atoms with Crippen LogP contribution in [0.25, 0.3) is 0 Å². The normalized spacial score (nSPS) is 11.6. The number of H-pyrrole nitrogens is 1. The van der Waals surface area contributed by atoms with Crippen molar-refractivity contribution < 1.29 is 9.90 Å². The van der Waals surface area contributed by atoms with Crippen LogP contribution in [0.3, 0.4) is 0 Å². The van der Waals surface area contributed by atoms with Crippen molar-refractivity contribution in [2.75, 3.05) is 0 Å². The lowest BCUT2D eigenvalue weighted by atomic mass is 9.96. The summed E-state index contributed by atoms with van der Waals surface area (Å²) >= 11 is 0.